The van der Waals surface area contributed by atoms with Gasteiger partial charge in [-0.15, -0.1) is 5.10 Å². The lowest BCUT2D eigenvalue weighted by Gasteiger charge is -2.08. The second kappa shape index (κ2) is 5.62. The van der Waals surface area contributed by atoms with Crippen molar-refractivity contribution in [2.45, 2.75) is 6.61 Å². The van der Waals surface area contributed by atoms with E-state index in [-0.39, 0.29) is 11.7 Å². The Morgan fingerprint density at radius 2 is 2.06 bits per heavy atom. The van der Waals surface area contributed by atoms with Crippen LogP contribution in [-0.2, 0) is 6.61 Å². The largest absolute Gasteiger partial charge is 0.471 e. The van der Waals surface area contributed by atoms with Crippen molar-refractivity contribution in [3.63, 3.8) is 0 Å². The van der Waals surface area contributed by atoms with E-state index in [0.29, 0.717) is 12.2 Å². The topological polar surface area (TPSA) is 93.6 Å². The van der Waals surface area contributed by atoms with Crippen molar-refractivity contribution in [2.24, 2.45) is 10.9 Å². The molecule has 0 saturated heterocycles. The number of hydrogen-bond donors (Lipinski definition) is 2. The average Bonchev–Trinajstić information content (AvgIpc) is 2.45. The van der Waals surface area contributed by atoms with E-state index >= 15 is 0 Å². The number of benzene rings is 1. The number of rotatable bonds is 4. The minimum absolute atomic E-state index is 0.0621. The Morgan fingerprint density at radius 1 is 1.28 bits per heavy atom. The molecule has 6 nitrogen and oxygen atoms in total. The number of amidine groups is 1. The number of hydrogen-bond acceptors (Lipinski definition) is 5. The van der Waals surface area contributed by atoms with Gasteiger partial charge in [0.05, 0.1) is 11.8 Å². The molecule has 1 aromatic carbocycles. The van der Waals surface area contributed by atoms with Gasteiger partial charge in [-0.2, -0.15) is 5.10 Å². The lowest BCUT2D eigenvalue weighted by molar-refractivity contribution is 0.288. The lowest BCUT2D eigenvalue weighted by Crippen LogP contribution is -2.16. The third-order valence-electron chi connectivity index (χ3n) is 2.29. The SMILES string of the molecule is N/C(=N/O)c1ccnnc1OCc1ccccc1. The molecular formula is C12H12N4O2. The maximum atomic E-state index is 8.66. The van der Waals surface area contributed by atoms with E-state index < -0.39 is 0 Å². The zero-order valence-corrected chi connectivity index (χ0v) is 9.52. The molecule has 0 radical (unpaired) electrons. The Morgan fingerprint density at radius 3 is 2.78 bits per heavy atom. The Kier molecular flexibility index (Phi) is 3.70. The van der Waals surface area contributed by atoms with Gasteiger partial charge in [-0.1, -0.05) is 35.5 Å². The van der Waals surface area contributed by atoms with Gasteiger partial charge in [0, 0.05) is 0 Å². The summed E-state index contributed by atoms with van der Waals surface area (Å²) in [6, 6.07) is 11.2. The molecular weight excluding hydrogens is 232 g/mol. The van der Waals surface area contributed by atoms with Crippen molar-refractivity contribution in [2.75, 3.05) is 0 Å². The van der Waals surface area contributed by atoms with Crippen molar-refractivity contribution >= 4 is 5.84 Å². The number of ether oxygens (including phenoxy) is 1. The quantitative estimate of drug-likeness (QED) is 0.364. The van der Waals surface area contributed by atoms with Gasteiger partial charge in [-0.25, -0.2) is 0 Å². The van der Waals surface area contributed by atoms with Crippen LogP contribution in [-0.4, -0.2) is 21.2 Å². The normalized spacial score (nSPS) is 11.2. The molecule has 0 amide bonds. The van der Waals surface area contributed by atoms with Gasteiger partial charge in [0.15, 0.2) is 5.84 Å². The van der Waals surface area contributed by atoms with Crippen molar-refractivity contribution in [1.82, 2.24) is 10.2 Å². The van der Waals surface area contributed by atoms with E-state index in [4.69, 9.17) is 15.7 Å². The first kappa shape index (κ1) is 11.8. The fraction of sp³-hybridized carbons (Fsp3) is 0.0833. The summed E-state index contributed by atoms with van der Waals surface area (Å²) in [5, 5.41) is 19.1. The highest BCUT2D eigenvalue weighted by Crippen LogP contribution is 2.14. The molecule has 3 N–H and O–H groups in total. The van der Waals surface area contributed by atoms with E-state index in [1.807, 2.05) is 30.3 Å². The first-order chi connectivity index (χ1) is 8.81. The molecule has 2 rings (SSSR count). The third-order valence-corrected chi connectivity index (χ3v) is 2.29. The van der Waals surface area contributed by atoms with Gasteiger partial charge in [-0.3, -0.25) is 0 Å². The number of nitrogens with zero attached hydrogens (tertiary/aromatic N) is 3. The van der Waals surface area contributed by atoms with Gasteiger partial charge in [-0.05, 0) is 11.6 Å². The smallest absolute Gasteiger partial charge is 0.244 e. The summed E-state index contributed by atoms with van der Waals surface area (Å²) in [7, 11) is 0. The predicted molar refractivity (Wildman–Crippen MR) is 65.3 cm³/mol. The molecule has 0 aliphatic rings. The molecule has 0 fully saturated rings. The zero-order chi connectivity index (χ0) is 12.8. The standard InChI is InChI=1S/C12H12N4O2/c13-11(16-17)10-6-7-14-15-12(10)18-8-9-4-2-1-3-5-9/h1-7,17H,8H2,(H2,13,16). The summed E-state index contributed by atoms with van der Waals surface area (Å²) in [4.78, 5) is 0. The minimum Gasteiger partial charge on any atom is -0.471 e. The fourth-order valence-electron chi connectivity index (χ4n) is 1.40. The Labute approximate surface area is 104 Å². The monoisotopic (exact) mass is 244 g/mol. The van der Waals surface area contributed by atoms with Crippen LogP contribution >= 0.6 is 0 Å². The van der Waals surface area contributed by atoms with Crippen LogP contribution < -0.4 is 10.5 Å². The van der Waals surface area contributed by atoms with Gasteiger partial charge < -0.3 is 15.7 Å². The fourth-order valence-corrected chi connectivity index (χ4v) is 1.40. The van der Waals surface area contributed by atoms with Gasteiger partial charge in [0.25, 0.3) is 0 Å². The molecule has 6 heteroatoms. The van der Waals surface area contributed by atoms with Crippen molar-refractivity contribution in [1.29, 1.82) is 0 Å². The van der Waals surface area contributed by atoms with Crippen molar-refractivity contribution < 1.29 is 9.94 Å². The van der Waals surface area contributed by atoms with Crippen LogP contribution in [0.25, 0.3) is 0 Å². The van der Waals surface area contributed by atoms with Gasteiger partial charge in [0.1, 0.15) is 6.61 Å². The van der Waals surface area contributed by atoms with E-state index in [1.54, 1.807) is 6.07 Å². The summed E-state index contributed by atoms with van der Waals surface area (Å²) in [6.07, 6.45) is 1.45. The average molecular weight is 244 g/mol. The van der Waals surface area contributed by atoms with E-state index in [0.717, 1.165) is 5.56 Å². The summed E-state index contributed by atoms with van der Waals surface area (Å²) in [6.45, 7) is 0.339. The number of oxime groups is 1. The van der Waals surface area contributed by atoms with Crippen LogP contribution in [0.15, 0.2) is 47.8 Å². The van der Waals surface area contributed by atoms with Crippen LogP contribution in [0.3, 0.4) is 0 Å². The van der Waals surface area contributed by atoms with E-state index in [1.165, 1.54) is 6.20 Å². The minimum atomic E-state index is -0.0621. The molecule has 2 aromatic rings. The molecule has 1 heterocycles. The maximum absolute atomic E-state index is 8.66. The zero-order valence-electron chi connectivity index (χ0n) is 9.52. The Hall–Kier alpha value is -2.63. The second-order valence-corrected chi connectivity index (χ2v) is 3.51. The van der Waals surface area contributed by atoms with Gasteiger partial charge >= 0.3 is 0 Å². The van der Waals surface area contributed by atoms with Crippen molar-refractivity contribution in [3.8, 4) is 5.88 Å². The molecule has 0 saturated carbocycles. The molecule has 0 spiro atoms. The van der Waals surface area contributed by atoms with Crippen LogP contribution in [0.1, 0.15) is 11.1 Å². The lowest BCUT2D eigenvalue weighted by atomic mass is 10.2. The van der Waals surface area contributed by atoms with Crippen LogP contribution in [0.2, 0.25) is 0 Å². The molecule has 0 aliphatic carbocycles. The second-order valence-electron chi connectivity index (χ2n) is 3.51. The highest BCUT2D eigenvalue weighted by molar-refractivity contribution is 5.98. The summed E-state index contributed by atoms with van der Waals surface area (Å²) < 4.78 is 5.50. The maximum Gasteiger partial charge on any atom is 0.244 e. The Bertz CT molecular complexity index is 543. The first-order valence-electron chi connectivity index (χ1n) is 5.27. The molecule has 1 aromatic heterocycles. The van der Waals surface area contributed by atoms with Crippen LogP contribution in [0.4, 0.5) is 0 Å². The van der Waals surface area contributed by atoms with Gasteiger partial charge in [0.2, 0.25) is 5.88 Å². The summed E-state index contributed by atoms with van der Waals surface area (Å²) in [5.74, 6) is 0.171. The molecule has 0 atom stereocenters. The predicted octanol–water partition coefficient (Wildman–Crippen LogP) is 1.15. The molecule has 92 valence electrons. The third kappa shape index (κ3) is 2.73. The molecule has 18 heavy (non-hydrogen) atoms. The molecule has 0 aliphatic heterocycles. The van der Waals surface area contributed by atoms with E-state index in [9.17, 15) is 0 Å². The van der Waals surface area contributed by atoms with Crippen LogP contribution in [0, 0.1) is 0 Å². The van der Waals surface area contributed by atoms with Crippen molar-refractivity contribution in [3.05, 3.63) is 53.7 Å². The summed E-state index contributed by atoms with van der Waals surface area (Å²) in [5.41, 5.74) is 6.92. The van der Waals surface area contributed by atoms with E-state index in [2.05, 4.69) is 15.4 Å². The van der Waals surface area contributed by atoms with Crippen LogP contribution in [0.5, 0.6) is 5.88 Å². The Balaban J connectivity index is 2.15. The molecule has 0 bridgehead atoms. The first-order valence-corrected chi connectivity index (χ1v) is 5.27. The highest BCUT2D eigenvalue weighted by atomic mass is 16.5. The highest BCUT2D eigenvalue weighted by Gasteiger charge is 2.10. The number of nitrogens with two attached hydrogens (primary N) is 1. The number of aromatic nitrogens is 2. The summed E-state index contributed by atoms with van der Waals surface area (Å²) >= 11 is 0. The molecule has 0 unspecified atom stereocenters.